The Bertz CT molecular complexity index is 626. The Morgan fingerprint density at radius 1 is 1.45 bits per heavy atom. The van der Waals surface area contributed by atoms with Crippen molar-refractivity contribution in [2.75, 3.05) is 13.1 Å². The molecule has 0 aromatic heterocycles. The predicted molar refractivity (Wildman–Crippen MR) is 83.8 cm³/mol. The topological polar surface area (TPSA) is 73.8 Å². The normalized spacial score (nSPS) is 19.7. The van der Waals surface area contributed by atoms with Crippen LogP contribution in [-0.2, 0) is 16.1 Å². The molecule has 1 saturated heterocycles. The average molecular weight is 300 g/mol. The van der Waals surface area contributed by atoms with Crippen molar-refractivity contribution in [2.24, 2.45) is 4.99 Å². The van der Waals surface area contributed by atoms with Crippen molar-refractivity contribution in [3.8, 4) is 0 Å². The van der Waals surface area contributed by atoms with Crippen LogP contribution < -0.4 is 10.6 Å². The Morgan fingerprint density at radius 2 is 2.27 bits per heavy atom. The lowest BCUT2D eigenvalue weighted by molar-refractivity contribution is -0.136. The number of hydrogen-bond acceptors (Lipinski definition) is 4. The van der Waals surface area contributed by atoms with Crippen LogP contribution in [0.2, 0.25) is 0 Å². The molecule has 1 aromatic rings. The molecule has 2 aliphatic rings. The third-order valence-corrected chi connectivity index (χ3v) is 3.97. The van der Waals surface area contributed by atoms with Gasteiger partial charge in [0.1, 0.15) is 5.84 Å². The molecule has 6 nitrogen and oxygen atoms in total. The van der Waals surface area contributed by atoms with Crippen LogP contribution in [0.25, 0.3) is 0 Å². The molecule has 22 heavy (non-hydrogen) atoms. The Hall–Kier alpha value is -2.37. The molecule has 0 radical (unpaired) electrons. The van der Waals surface area contributed by atoms with Gasteiger partial charge in [-0.05, 0) is 18.1 Å². The molecule has 2 heterocycles. The number of para-hydroxylation sites is 1. The van der Waals surface area contributed by atoms with Crippen LogP contribution >= 0.6 is 0 Å². The largest absolute Gasteiger partial charge is 0.354 e. The number of nitrogens with zero attached hydrogens (tertiary/aromatic N) is 2. The number of benzene rings is 1. The van der Waals surface area contributed by atoms with Gasteiger partial charge in [-0.2, -0.15) is 0 Å². The van der Waals surface area contributed by atoms with Crippen molar-refractivity contribution < 1.29 is 9.59 Å². The number of carbonyl (C=O) groups excluding carboxylic acids is 2. The molecule has 3 rings (SSSR count). The summed E-state index contributed by atoms with van der Waals surface area (Å²) in [6.07, 6.45) is 1.91. The molecule has 1 fully saturated rings. The van der Waals surface area contributed by atoms with Gasteiger partial charge >= 0.3 is 0 Å². The lowest BCUT2D eigenvalue weighted by Gasteiger charge is -2.39. The van der Waals surface area contributed by atoms with E-state index in [-0.39, 0.29) is 11.8 Å². The highest BCUT2D eigenvalue weighted by Gasteiger charge is 2.40. The van der Waals surface area contributed by atoms with Crippen LogP contribution in [0.3, 0.4) is 0 Å². The molecule has 1 atom stereocenters. The average Bonchev–Trinajstić information content (AvgIpc) is 2.53. The van der Waals surface area contributed by atoms with E-state index in [1.54, 1.807) is 0 Å². The minimum atomic E-state index is -0.835. The second-order valence-corrected chi connectivity index (χ2v) is 5.55. The summed E-state index contributed by atoms with van der Waals surface area (Å²) in [6, 6.07) is 6.98. The Labute approximate surface area is 129 Å². The molecule has 0 spiro atoms. The SMILES string of the molecule is CCCCNC(=O)C1C(=O)NCC2=Nc3ccccc3CN21. The van der Waals surface area contributed by atoms with Gasteiger partial charge in [0, 0.05) is 13.1 Å². The fourth-order valence-electron chi connectivity index (χ4n) is 2.76. The Kier molecular flexibility index (Phi) is 4.09. The number of amides is 2. The van der Waals surface area contributed by atoms with Gasteiger partial charge in [0.25, 0.3) is 11.8 Å². The van der Waals surface area contributed by atoms with E-state index in [0.717, 1.165) is 29.9 Å². The van der Waals surface area contributed by atoms with Crippen molar-refractivity contribution in [3.63, 3.8) is 0 Å². The molecular weight excluding hydrogens is 280 g/mol. The van der Waals surface area contributed by atoms with Gasteiger partial charge in [-0.25, -0.2) is 4.99 Å². The summed E-state index contributed by atoms with van der Waals surface area (Å²) >= 11 is 0. The lowest BCUT2D eigenvalue weighted by Crippen LogP contribution is -2.63. The first-order valence-corrected chi connectivity index (χ1v) is 7.68. The van der Waals surface area contributed by atoms with Crippen LogP contribution in [0.15, 0.2) is 29.3 Å². The first-order valence-electron chi connectivity index (χ1n) is 7.68. The van der Waals surface area contributed by atoms with E-state index in [0.29, 0.717) is 19.6 Å². The molecule has 116 valence electrons. The molecule has 0 bridgehead atoms. The quantitative estimate of drug-likeness (QED) is 0.642. The van der Waals surface area contributed by atoms with Gasteiger partial charge < -0.3 is 15.5 Å². The van der Waals surface area contributed by atoms with Crippen molar-refractivity contribution in [1.82, 2.24) is 15.5 Å². The van der Waals surface area contributed by atoms with Crippen molar-refractivity contribution in [3.05, 3.63) is 29.8 Å². The maximum absolute atomic E-state index is 12.4. The number of aliphatic imine (C=N–C) groups is 1. The van der Waals surface area contributed by atoms with Crippen LogP contribution in [0.4, 0.5) is 5.69 Å². The highest BCUT2D eigenvalue weighted by molar-refractivity contribution is 6.11. The maximum Gasteiger partial charge on any atom is 0.252 e. The maximum atomic E-state index is 12.4. The van der Waals surface area contributed by atoms with Gasteiger partial charge in [0.15, 0.2) is 6.04 Å². The minimum absolute atomic E-state index is 0.252. The molecule has 2 amide bonds. The molecular formula is C16H20N4O2. The number of piperazine rings is 1. The van der Waals surface area contributed by atoms with E-state index in [2.05, 4.69) is 22.5 Å². The van der Waals surface area contributed by atoms with E-state index in [1.807, 2.05) is 29.2 Å². The number of carbonyl (C=O) groups is 2. The third-order valence-electron chi connectivity index (χ3n) is 3.97. The summed E-state index contributed by atoms with van der Waals surface area (Å²) < 4.78 is 0. The number of nitrogens with one attached hydrogen (secondary N) is 2. The second-order valence-electron chi connectivity index (χ2n) is 5.55. The van der Waals surface area contributed by atoms with Gasteiger partial charge in [-0.1, -0.05) is 31.5 Å². The zero-order valence-corrected chi connectivity index (χ0v) is 12.6. The van der Waals surface area contributed by atoms with Crippen molar-refractivity contribution in [2.45, 2.75) is 32.4 Å². The van der Waals surface area contributed by atoms with Crippen molar-refractivity contribution in [1.29, 1.82) is 0 Å². The van der Waals surface area contributed by atoms with E-state index in [9.17, 15) is 9.59 Å². The summed E-state index contributed by atoms with van der Waals surface area (Å²) in [5.41, 5.74) is 1.95. The number of rotatable bonds is 4. The first kappa shape index (κ1) is 14.6. The van der Waals surface area contributed by atoms with Crippen LogP contribution in [0.5, 0.6) is 0 Å². The second kappa shape index (κ2) is 6.17. The molecule has 2 N–H and O–H groups in total. The van der Waals surface area contributed by atoms with Gasteiger partial charge in [-0.3, -0.25) is 9.59 Å². The zero-order valence-electron chi connectivity index (χ0n) is 12.6. The standard InChI is InChI=1S/C16H20N4O2/c1-2-3-8-17-15(21)14-16(22)18-9-13-19-12-7-5-4-6-11(12)10-20(13)14/h4-7,14H,2-3,8-10H2,1H3,(H,17,21)(H,18,22). The number of hydrogen-bond donors (Lipinski definition) is 2. The predicted octanol–water partition coefficient (Wildman–Crippen LogP) is 0.947. The Morgan fingerprint density at radius 3 is 3.09 bits per heavy atom. The number of fused-ring (bicyclic) bond motifs is 2. The fourth-order valence-corrected chi connectivity index (χ4v) is 2.76. The van der Waals surface area contributed by atoms with Crippen LogP contribution in [-0.4, -0.2) is 41.7 Å². The smallest absolute Gasteiger partial charge is 0.252 e. The van der Waals surface area contributed by atoms with Gasteiger partial charge in [-0.15, -0.1) is 0 Å². The molecule has 2 aliphatic heterocycles. The van der Waals surface area contributed by atoms with E-state index in [1.165, 1.54) is 0 Å². The van der Waals surface area contributed by atoms with Gasteiger partial charge in [0.2, 0.25) is 0 Å². The molecule has 1 aromatic carbocycles. The fraction of sp³-hybridized carbons (Fsp3) is 0.438. The molecule has 6 heteroatoms. The Balaban J connectivity index is 1.82. The zero-order chi connectivity index (χ0) is 15.5. The minimum Gasteiger partial charge on any atom is -0.354 e. The van der Waals surface area contributed by atoms with Crippen LogP contribution in [0.1, 0.15) is 25.3 Å². The number of amidine groups is 1. The van der Waals surface area contributed by atoms with E-state index < -0.39 is 6.04 Å². The highest BCUT2D eigenvalue weighted by Crippen LogP contribution is 2.28. The molecule has 1 unspecified atom stereocenters. The summed E-state index contributed by atoms with van der Waals surface area (Å²) in [5, 5.41) is 5.61. The number of unbranched alkanes of at least 4 members (excludes halogenated alkanes) is 1. The summed E-state index contributed by atoms with van der Waals surface area (Å²) in [6.45, 7) is 3.56. The molecule has 0 aliphatic carbocycles. The van der Waals surface area contributed by atoms with Crippen molar-refractivity contribution >= 4 is 23.3 Å². The first-order chi connectivity index (χ1) is 10.7. The highest BCUT2D eigenvalue weighted by atomic mass is 16.2. The van der Waals surface area contributed by atoms with Gasteiger partial charge in [0.05, 0.1) is 12.2 Å². The third kappa shape index (κ3) is 2.68. The summed E-state index contributed by atoms with van der Waals surface area (Å²) in [4.78, 5) is 30.9. The molecule has 0 saturated carbocycles. The summed E-state index contributed by atoms with van der Waals surface area (Å²) in [5.74, 6) is 0.235. The van der Waals surface area contributed by atoms with E-state index in [4.69, 9.17) is 0 Å². The van der Waals surface area contributed by atoms with Crippen LogP contribution in [0, 0.1) is 0 Å². The monoisotopic (exact) mass is 300 g/mol. The lowest BCUT2D eigenvalue weighted by atomic mass is 10.0. The summed E-state index contributed by atoms with van der Waals surface area (Å²) in [7, 11) is 0. The van der Waals surface area contributed by atoms with E-state index >= 15 is 0 Å².